The number of likely N-dealkylation sites (tertiary alicyclic amines) is 1. The number of rotatable bonds is 3. The molecule has 0 radical (unpaired) electrons. The molecule has 114 valence electrons. The van der Waals surface area contributed by atoms with Gasteiger partial charge in [0.2, 0.25) is 5.91 Å². The molecule has 3 atom stereocenters. The molecule has 0 saturated carbocycles. The van der Waals surface area contributed by atoms with Crippen molar-refractivity contribution in [2.45, 2.75) is 76.5 Å². The Morgan fingerprint density at radius 3 is 2.65 bits per heavy atom. The standard InChI is InChI=1S/C16H29N3O/c1-12(2)17-13-6-5-10-19(16(13)20)15-8-11-18-9-4-3-7-14(15)18/h12-15,17H,3-11H2,1-2H3. The third-order valence-corrected chi connectivity index (χ3v) is 5.23. The molecule has 3 unspecified atom stereocenters. The minimum absolute atomic E-state index is 0.0568. The van der Waals surface area contributed by atoms with E-state index < -0.39 is 0 Å². The van der Waals surface area contributed by atoms with Gasteiger partial charge in [0.1, 0.15) is 0 Å². The maximum Gasteiger partial charge on any atom is 0.240 e. The van der Waals surface area contributed by atoms with Gasteiger partial charge in [-0.3, -0.25) is 9.69 Å². The van der Waals surface area contributed by atoms with Crippen LogP contribution in [-0.2, 0) is 4.79 Å². The fourth-order valence-corrected chi connectivity index (χ4v) is 4.37. The predicted octanol–water partition coefficient (Wildman–Crippen LogP) is 1.60. The van der Waals surface area contributed by atoms with Crippen LogP contribution in [0.15, 0.2) is 0 Å². The highest BCUT2D eigenvalue weighted by molar-refractivity contribution is 5.83. The lowest BCUT2D eigenvalue weighted by molar-refractivity contribution is -0.139. The van der Waals surface area contributed by atoms with Gasteiger partial charge in [-0.15, -0.1) is 0 Å². The molecule has 0 aromatic carbocycles. The van der Waals surface area contributed by atoms with Gasteiger partial charge in [-0.05, 0) is 38.6 Å². The van der Waals surface area contributed by atoms with Crippen LogP contribution in [0.3, 0.4) is 0 Å². The number of fused-ring (bicyclic) bond motifs is 1. The average Bonchev–Trinajstić information content (AvgIpc) is 2.85. The number of amides is 1. The predicted molar refractivity (Wildman–Crippen MR) is 80.6 cm³/mol. The summed E-state index contributed by atoms with van der Waals surface area (Å²) in [5.74, 6) is 0.363. The number of carbonyl (C=O) groups is 1. The number of carbonyl (C=O) groups excluding carboxylic acids is 1. The average molecular weight is 279 g/mol. The normalized spacial score (nSPS) is 35.6. The highest BCUT2D eigenvalue weighted by Gasteiger charge is 2.42. The zero-order valence-electron chi connectivity index (χ0n) is 13.0. The Bertz CT molecular complexity index is 358. The van der Waals surface area contributed by atoms with Crippen molar-refractivity contribution in [3.05, 3.63) is 0 Å². The van der Waals surface area contributed by atoms with Gasteiger partial charge in [-0.25, -0.2) is 0 Å². The van der Waals surface area contributed by atoms with E-state index >= 15 is 0 Å². The minimum Gasteiger partial charge on any atom is -0.337 e. The third-order valence-electron chi connectivity index (χ3n) is 5.23. The summed E-state index contributed by atoms with van der Waals surface area (Å²) in [6.07, 6.45) is 7.32. The first-order chi connectivity index (χ1) is 9.66. The molecular weight excluding hydrogens is 250 g/mol. The molecule has 3 heterocycles. The van der Waals surface area contributed by atoms with Gasteiger partial charge in [0.05, 0.1) is 6.04 Å². The van der Waals surface area contributed by atoms with Gasteiger partial charge in [-0.2, -0.15) is 0 Å². The molecule has 1 amide bonds. The summed E-state index contributed by atoms with van der Waals surface area (Å²) < 4.78 is 0. The van der Waals surface area contributed by atoms with Crippen molar-refractivity contribution in [2.75, 3.05) is 19.6 Å². The van der Waals surface area contributed by atoms with E-state index in [1.54, 1.807) is 0 Å². The van der Waals surface area contributed by atoms with E-state index in [4.69, 9.17) is 0 Å². The Hall–Kier alpha value is -0.610. The number of hydrogen-bond acceptors (Lipinski definition) is 3. The molecule has 3 saturated heterocycles. The van der Waals surface area contributed by atoms with Crippen molar-refractivity contribution < 1.29 is 4.79 Å². The summed E-state index contributed by atoms with van der Waals surface area (Å²) in [5.41, 5.74) is 0. The molecule has 0 aromatic heterocycles. The monoisotopic (exact) mass is 279 g/mol. The second kappa shape index (κ2) is 6.02. The van der Waals surface area contributed by atoms with Crippen molar-refractivity contribution >= 4 is 5.91 Å². The van der Waals surface area contributed by atoms with Crippen LogP contribution in [0.4, 0.5) is 0 Å². The van der Waals surface area contributed by atoms with E-state index in [1.165, 1.54) is 38.8 Å². The van der Waals surface area contributed by atoms with E-state index in [0.717, 1.165) is 19.4 Å². The molecule has 3 fully saturated rings. The van der Waals surface area contributed by atoms with Crippen molar-refractivity contribution in [2.24, 2.45) is 0 Å². The Morgan fingerprint density at radius 2 is 1.85 bits per heavy atom. The SMILES string of the molecule is CC(C)NC1CCCN(C2CCN3CCCCC23)C1=O. The zero-order valence-corrected chi connectivity index (χ0v) is 13.0. The Morgan fingerprint density at radius 1 is 1.00 bits per heavy atom. The summed E-state index contributed by atoms with van der Waals surface area (Å²) >= 11 is 0. The van der Waals surface area contributed by atoms with Crippen molar-refractivity contribution in [3.8, 4) is 0 Å². The van der Waals surface area contributed by atoms with Gasteiger partial charge in [-0.1, -0.05) is 20.3 Å². The molecule has 3 aliphatic rings. The minimum atomic E-state index is 0.0568. The summed E-state index contributed by atoms with van der Waals surface area (Å²) in [6.45, 7) is 7.68. The first-order valence-electron chi connectivity index (χ1n) is 8.47. The van der Waals surface area contributed by atoms with Gasteiger partial charge < -0.3 is 10.2 Å². The van der Waals surface area contributed by atoms with Crippen molar-refractivity contribution in [3.63, 3.8) is 0 Å². The lowest BCUT2D eigenvalue weighted by atomic mass is 9.94. The van der Waals surface area contributed by atoms with Crippen LogP contribution in [0.2, 0.25) is 0 Å². The highest BCUT2D eigenvalue weighted by Crippen LogP contribution is 2.32. The summed E-state index contributed by atoms with van der Waals surface area (Å²) in [7, 11) is 0. The number of nitrogens with zero attached hydrogens (tertiary/aromatic N) is 2. The van der Waals surface area contributed by atoms with Crippen molar-refractivity contribution in [1.29, 1.82) is 0 Å². The Labute approximate surface area is 122 Å². The molecule has 1 N–H and O–H groups in total. The van der Waals surface area contributed by atoms with Crippen LogP contribution >= 0.6 is 0 Å². The molecule has 0 aromatic rings. The van der Waals surface area contributed by atoms with Gasteiger partial charge in [0.15, 0.2) is 0 Å². The van der Waals surface area contributed by atoms with Crippen LogP contribution < -0.4 is 5.32 Å². The first-order valence-corrected chi connectivity index (χ1v) is 8.47. The van der Waals surface area contributed by atoms with E-state index in [1.807, 2.05) is 0 Å². The van der Waals surface area contributed by atoms with E-state index in [-0.39, 0.29) is 6.04 Å². The van der Waals surface area contributed by atoms with Crippen LogP contribution in [0.5, 0.6) is 0 Å². The van der Waals surface area contributed by atoms with Crippen molar-refractivity contribution in [1.82, 2.24) is 15.1 Å². The summed E-state index contributed by atoms with van der Waals surface area (Å²) in [4.78, 5) is 17.6. The molecule has 4 heteroatoms. The molecule has 3 rings (SSSR count). The maximum absolute atomic E-state index is 12.8. The number of hydrogen-bond donors (Lipinski definition) is 1. The van der Waals surface area contributed by atoms with Gasteiger partial charge in [0.25, 0.3) is 0 Å². The van der Waals surface area contributed by atoms with Crippen LogP contribution in [0.1, 0.15) is 52.4 Å². The smallest absolute Gasteiger partial charge is 0.240 e. The number of piperidine rings is 2. The van der Waals surface area contributed by atoms with Crippen LogP contribution in [0.25, 0.3) is 0 Å². The second-order valence-electron chi connectivity index (χ2n) is 7.00. The second-order valence-corrected chi connectivity index (χ2v) is 7.00. The molecular formula is C16H29N3O. The highest BCUT2D eigenvalue weighted by atomic mass is 16.2. The van der Waals surface area contributed by atoms with E-state index in [2.05, 4.69) is 29.0 Å². The quantitative estimate of drug-likeness (QED) is 0.852. The van der Waals surface area contributed by atoms with Crippen LogP contribution in [0, 0.1) is 0 Å². The largest absolute Gasteiger partial charge is 0.337 e. The Kier molecular flexibility index (Phi) is 4.32. The Balaban J connectivity index is 1.68. The molecule has 20 heavy (non-hydrogen) atoms. The molecule has 0 spiro atoms. The molecule has 0 aliphatic carbocycles. The topological polar surface area (TPSA) is 35.6 Å². The van der Waals surface area contributed by atoms with Crippen LogP contribution in [-0.4, -0.2) is 59.5 Å². The zero-order chi connectivity index (χ0) is 14.1. The fraction of sp³-hybridized carbons (Fsp3) is 0.938. The third kappa shape index (κ3) is 2.73. The molecule has 3 aliphatic heterocycles. The van der Waals surface area contributed by atoms with Gasteiger partial charge in [0, 0.05) is 31.2 Å². The fourth-order valence-electron chi connectivity index (χ4n) is 4.37. The summed E-state index contributed by atoms with van der Waals surface area (Å²) in [6, 6.07) is 1.57. The summed E-state index contributed by atoms with van der Waals surface area (Å²) in [5, 5.41) is 3.45. The lowest BCUT2D eigenvalue weighted by Gasteiger charge is -2.42. The van der Waals surface area contributed by atoms with Gasteiger partial charge >= 0.3 is 0 Å². The number of nitrogens with one attached hydrogen (secondary N) is 1. The van der Waals surface area contributed by atoms with E-state index in [0.29, 0.717) is 24.0 Å². The molecule has 0 bridgehead atoms. The maximum atomic E-state index is 12.8. The first kappa shape index (κ1) is 14.3. The van der Waals surface area contributed by atoms with E-state index in [9.17, 15) is 4.79 Å². The molecule has 4 nitrogen and oxygen atoms in total. The lowest BCUT2D eigenvalue weighted by Crippen LogP contribution is -2.58.